The maximum absolute atomic E-state index is 10.8. The van der Waals surface area contributed by atoms with Gasteiger partial charge in [-0.25, -0.2) is 4.79 Å². The van der Waals surface area contributed by atoms with E-state index in [1.165, 1.54) is 19.3 Å². The van der Waals surface area contributed by atoms with Gasteiger partial charge in [0, 0.05) is 6.54 Å². The standard InChI is InChI=1S/C14H19NO2/c1-14(5-6-14)7-8-15-10-11-3-2-4-12(9-11)13(16)17/h2-4,9,15H,5-8,10H2,1H3,(H,16,17). The van der Waals surface area contributed by atoms with Gasteiger partial charge < -0.3 is 10.4 Å². The molecule has 0 amide bonds. The summed E-state index contributed by atoms with van der Waals surface area (Å²) in [5.74, 6) is -0.864. The van der Waals surface area contributed by atoms with E-state index in [0.29, 0.717) is 11.0 Å². The van der Waals surface area contributed by atoms with Gasteiger partial charge >= 0.3 is 5.97 Å². The van der Waals surface area contributed by atoms with Crippen LogP contribution in [0.3, 0.4) is 0 Å². The zero-order valence-electron chi connectivity index (χ0n) is 10.2. The fraction of sp³-hybridized carbons (Fsp3) is 0.500. The third-order valence-corrected chi connectivity index (χ3v) is 3.51. The zero-order valence-corrected chi connectivity index (χ0v) is 10.2. The van der Waals surface area contributed by atoms with E-state index in [-0.39, 0.29) is 0 Å². The van der Waals surface area contributed by atoms with Crippen LogP contribution in [0.25, 0.3) is 0 Å². The highest BCUT2D eigenvalue weighted by molar-refractivity contribution is 5.87. The van der Waals surface area contributed by atoms with Gasteiger partial charge in [-0.15, -0.1) is 0 Å². The van der Waals surface area contributed by atoms with Gasteiger partial charge in [-0.1, -0.05) is 19.1 Å². The summed E-state index contributed by atoms with van der Waals surface area (Å²) in [6.07, 6.45) is 3.91. The number of rotatable bonds is 6. The highest BCUT2D eigenvalue weighted by atomic mass is 16.4. The molecule has 17 heavy (non-hydrogen) atoms. The van der Waals surface area contributed by atoms with Gasteiger partial charge in [-0.3, -0.25) is 0 Å². The molecule has 1 aromatic carbocycles. The van der Waals surface area contributed by atoms with Gasteiger partial charge in [0.1, 0.15) is 0 Å². The molecule has 1 aliphatic rings. The van der Waals surface area contributed by atoms with E-state index in [2.05, 4.69) is 12.2 Å². The summed E-state index contributed by atoms with van der Waals surface area (Å²) in [6.45, 7) is 4.07. The quantitative estimate of drug-likeness (QED) is 0.743. The van der Waals surface area contributed by atoms with E-state index in [1.807, 2.05) is 6.07 Å². The molecule has 92 valence electrons. The topological polar surface area (TPSA) is 49.3 Å². The molecule has 3 nitrogen and oxygen atoms in total. The van der Waals surface area contributed by atoms with Gasteiger partial charge in [0.2, 0.25) is 0 Å². The van der Waals surface area contributed by atoms with E-state index in [4.69, 9.17) is 5.11 Å². The van der Waals surface area contributed by atoms with Crippen LogP contribution in [0.4, 0.5) is 0 Å². The van der Waals surface area contributed by atoms with Crippen LogP contribution in [-0.2, 0) is 6.54 Å². The largest absolute Gasteiger partial charge is 0.478 e. The number of hydrogen-bond donors (Lipinski definition) is 2. The Morgan fingerprint density at radius 3 is 2.88 bits per heavy atom. The van der Waals surface area contributed by atoms with E-state index < -0.39 is 5.97 Å². The van der Waals surface area contributed by atoms with Crippen LogP contribution in [0.2, 0.25) is 0 Å². The monoisotopic (exact) mass is 233 g/mol. The van der Waals surface area contributed by atoms with Crippen LogP contribution >= 0.6 is 0 Å². The van der Waals surface area contributed by atoms with Crippen molar-refractivity contribution in [3.05, 3.63) is 35.4 Å². The first-order chi connectivity index (χ1) is 8.09. The molecule has 1 aliphatic carbocycles. The van der Waals surface area contributed by atoms with E-state index >= 15 is 0 Å². The van der Waals surface area contributed by atoms with Crippen molar-refractivity contribution in [1.29, 1.82) is 0 Å². The van der Waals surface area contributed by atoms with Crippen LogP contribution in [0.1, 0.15) is 42.1 Å². The molecule has 1 aromatic rings. The Balaban J connectivity index is 1.78. The molecule has 0 saturated heterocycles. The van der Waals surface area contributed by atoms with Gasteiger partial charge in [0.15, 0.2) is 0 Å². The highest BCUT2D eigenvalue weighted by Gasteiger charge is 2.35. The maximum Gasteiger partial charge on any atom is 0.335 e. The predicted molar refractivity (Wildman–Crippen MR) is 67.1 cm³/mol. The number of carboxylic acids is 1. The van der Waals surface area contributed by atoms with Crippen LogP contribution in [0.15, 0.2) is 24.3 Å². The minimum Gasteiger partial charge on any atom is -0.478 e. The molecule has 0 aliphatic heterocycles. The van der Waals surface area contributed by atoms with Crippen molar-refractivity contribution < 1.29 is 9.90 Å². The molecule has 1 fully saturated rings. The minimum atomic E-state index is -0.864. The number of benzene rings is 1. The average molecular weight is 233 g/mol. The fourth-order valence-corrected chi connectivity index (χ4v) is 1.90. The second-order valence-electron chi connectivity index (χ2n) is 5.24. The lowest BCUT2D eigenvalue weighted by atomic mass is 10.1. The highest BCUT2D eigenvalue weighted by Crippen LogP contribution is 2.47. The lowest BCUT2D eigenvalue weighted by molar-refractivity contribution is 0.0697. The first kappa shape index (κ1) is 12.1. The van der Waals surface area contributed by atoms with Gasteiger partial charge in [-0.2, -0.15) is 0 Å². The molecule has 0 atom stereocenters. The molecule has 0 heterocycles. The molecule has 1 saturated carbocycles. The van der Waals surface area contributed by atoms with E-state index in [0.717, 1.165) is 18.7 Å². The fourth-order valence-electron chi connectivity index (χ4n) is 1.90. The summed E-state index contributed by atoms with van der Waals surface area (Å²) < 4.78 is 0. The third kappa shape index (κ3) is 3.56. The first-order valence-electron chi connectivity index (χ1n) is 6.12. The van der Waals surface area contributed by atoms with Crippen molar-refractivity contribution in [1.82, 2.24) is 5.32 Å². The maximum atomic E-state index is 10.8. The van der Waals surface area contributed by atoms with Crippen LogP contribution < -0.4 is 5.32 Å². The normalized spacial score (nSPS) is 16.8. The smallest absolute Gasteiger partial charge is 0.335 e. The SMILES string of the molecule is CC1(CCNCc2cccc(C(=O)O)c2)CC1. The van der Waals surface area contributed by atoms with Crippen LogP contribution in [0, 0.1) is 5.41 Å². The van der Waals surface area contributed by atoms with Crippen molar-refractivity contribution in [3.63, 3.8) is 0 Å². The Morgan fingerprint density at radius 1 is 1.47 bits per heavy atom. The lowest BCUT2D eigenvalue weighted by Crippen LogP contribution is -2.17. The van der Waals surface area contributed by atoms with Gasteiger partial charge in [-0.05, 0) is 48.9 Å². The van der Waals surface area contributed by atoms with E-state index in [1.54, 1.807) is 18.2 Å². The van der Waals surface area contributed by atoms with Crippen LogP contribution in [-0.4, -0.2) is 17.6 Å². The van der Waals surface area contributed by atoms with Crippen molar-refractivity contribution in [2.75, 3.05) is 6.54 Å². The van der Waals surface area contributed by atoms with Crippen molar-refractivity contribution in [2.24, 2.45) is 5.41 Å². The molecule has 0 aromatic heterocycles. The Morgan fingerprint density at radius 2 is 2.24 bits per heavy atom. The van der Waals surface area contributed by atoms with Gasteiger partial charge in [0.25, 0.3) is 0 Å². The van der Waals surface area contributed by atoms with Crippen LogP contribution in [0.5, 0.6) is 0 Å². The Hall–Kier alpha value is -1.35. The number of carboxylic acid groups (broad SMARTS) is 1. The molecule has 3 heteroatoms. The molecule has 2 N–H and O–H groups in total. The Labute approximate surface area is 102 Å². The Kier molecular flexibility index (Phi) is 3.48. The Bertz CT molecular complexity index is 410. The number of nitrogens with one attached hydrogen (secondary N) is 1. The summed E-state index contributed by atoms with van der Waals surface area (Å²) in [4.78, 5) is 10.8. The molecule has 2 rings (SSSR count). The van der Waals surface area contributed by atoms with Crippen molar-refractivity contribution in [2.45, 2.75) is 32.7 Å². The first-order valence-corrected chi connectivity index (χ1v) is 6.12. The van der Waals surface area contributed by atoms with Gasteiger partial charge in [0.05, 0.1) is 5.56 Å². The molecular weight excluding hydrogens is 214 g/mol. The lowest BCUT2D eigenvalue weighted by Gasteiger charge is -2.09. The molecule has 0 unspecified atom stereocenters. The summed E-state index contributed by atoms with van der Waals surface area (Å²) >= 11 is 0. The summed E-state index contributed by atoms with van der Waals surface area (Å²) in [6, 6.07) is 7.10. The van der Waals surface area contributed by atoms with Crippen molar-refractivity contribution in [3.8, 4) is 0 Å². The van der Waals surface area contributed by atoms with Crippen molar-refractivity contribution >= 4 is 5.97 Å². The minimum absolute atomic E-state index is 0.360. The molecule has 0 bridgehead atoms. The number of carbonyl (C=O) groups is 1. The average Bonchev–Trinajstić information content (AvgIpc) is 3.04. The summed E-state index contributed by atoms with van der Waals surface area (Å²) in [5.41, 5.74) is 1.97. The van der Waals surface area contributed by atoms with E-state index in [9.17, 15) is 4.79 Å². The summed E-state index contributed by atoms with van der Waals surface area (Å²) in [5, 5.41) is 12.2. The zero-order chi connectivity index (χ0) is 12.3. The molecular formula is C14H19NO2. The predicted octanol–water partition coefficient (Wildman–Crippen LogP) is 2.66. The molecule has 0 spiro atoms. The number of aromatic carboxylic acids is 1. The number of hydrogen-bond acceptors (Lipinski definition) is 2. The summed E-state index contributed by atoms with van der Waals surface area (Å²) in [7, 11) is 0. The third-order valence-electron chi connectivity index (χ3n) is 3.51. The molecule has 0 radical (unpaired) electrons. The second-order valence-corrected chi connectivity index (χ2v) is 5.24. The second kappa shape index (κ2) is 4.88.